The van der Waals surface area contributed by atoms with E-state index in [1.165, 1.54) is 0 Å². The molecule has 360 valence electrons. The van der Waals surface area contributed by atoms with Crippen molar-refractivity contribution < 1.29 is 128 Å². The van der Waals surface area contributed by atoms with Gasteiger partial charge in [-0.05, 0) is 25.8 Å². The molecule has 0 N–H and O–H groups in total. The van der Waals surface area contributed by atoms with Crippen molar-refractivity contribution in [2.45, 2.75) is 104 Å². The fraction of sp³-hybridized carbons (Fsp3) is 1.00. The molecule has 0 spiro atoms. The molecule has 31 heteroatoms. The van der Waals surface area contributed by atoms with E-state index < -0.39 is 144 Å². The Morgan fingerprint density at radius 3 is 0.900 bits per heavy atom. The van der Waals surface area contributed by atoms with E-state index in [2.05, 4.69) is 0 Å². The maximum absolute atomic E-state index is 14.4. The molecule has 0 aromatic carbocycles. The van der Waals surface area contributed by atoms with Crippen molar-refractivity contribution in [3.05, 3.63) is 0 Å². The lowest BCUT2D eigenvalue weighted by Crippen LogP contribution is -2.70. The predicted molar refractivity (Wildman–Crippen MR) is 150 cm³/mol. The summed E-state index contributed by atoms with van der Waals surface area (Å²) in [6.45, 7) is -8.25. The van der Waals surface area contributed by atoms with Crippen LogP contribution < -0.4 is 0 Å². The Morgan fingerprint density at radius 2 is 0.567 bits per heavy atom. The molecule has 5 nitrogen and oxygen atoms in total. The van der Waals surface area contributed by atoms with Gasteiger partial charge in [0.05, 0.1) is 33.0 Å². The number of nitrogens with zero attached hydrogens (tertiary/aromatic N) is 2. The van der Waals surface area contributed by atoms with Gasteiger partial charge in [-0.15, -0.1) is 0 Å². The predicted octanol–water partition coefficient (Wildman–Crippen LogP) is 10.1. The van der Waals surface area contributed by atoms with Crippen molar-refractivity contribution in [1.29, 1.82) is 0 Å². The monoisotopic (exact) mass is 952 g/mol. The molecule has 0 aromatic heterocycles. The molecule has 0 radical (unpaired) electrons. The van der Waals surface area contributed by atoms with Crippen LogP contribution in [-0.2, 0) is 14.2 Å². The molecule has 0 atom stereocenters. The van der Waals surface area contributed by atoms with Crippen molar-refractivity contribution in [2.24, 2.45) is 0 Å². The Bertz CT molecular complexity index is 1230. The Hall–Kier alpha value is -2.02. The minimum atomic E-state index is -8.13. The van der Waals surface area contributed by atoms with E-state index >= 15 is 0 Å². The third-order valence-corrected chi connectivity index (χ3v) is 8.77. The largest absolute Gasteiger partial charge is 0.460 e. The summed E-state index contributed by atoms with van der Waals surface area (Å²) in [5, 5.41) is 0. The van der Waals surface area contributed by atoms with Gasteiger partial charge in [0, 0.05) is 52.2 Å². The summed E-state index contributed by atoms with van der Waals surface area (Å²) in [6.07, 6.45) is -20.2. The molecule has 60 heavy (non-hydrogen) atoms. The molecule has 1 fully saturated rings. The summed E-state index contributed by atoms with van der Waals surface area (Å²) in [6, 6.07) is 0. The summed E-state index contributed by atoms with van der Waals surface area (Å²) in [5.41, 5.74) is 0. The van der Waals surface area contributed by atoms with Gasteiger partial charge in [-0.25, -0.2) is 0 Å². The molecule has 0 saturated carbocycles. The van der Waals surface area contributed by atoms with Crippen molar-refractivity contribution in [3.63, 3.8) is 0 Å². The first-order valence-electron chi connectivity index (χ1n) is 16.8. The van der Waals surface area contributed by atoms with Gasteiger partial charge in [0.2, 0.25) is 0 Å². The Kier molecular flexibility index (Phi) is 18.1. The van der Waals surface area contributed by atoms with Crippen LogP contribution in [0.1, 0.15) is 32.1 Å². The third-order valence-electron chi connectivity index (χ3n) is 8.77. The van der Waals surface area contributed by atoms with Crippen molar-refractivity contribution in [1.82, 2.24) is 9.80 Å². The fourth-order valence-electron chi connectivity index (χ4n) is 4.91. The van der Waals surface area contributed by atoms with E-state index in [-0.39, 0.29) is 39.1 Å². The molecule has 1 aliphatic rings. The second-order valence-corrected chi connectivity index (χ2v) is 13.1. The molecule has 0 bridgehead atoms. The molecule has 1 heterocycles. The zero-order valence-corrected chi connectivity index (χ0v) is 30.0. The van der Waals surface area contributed by atoms with Crippen molar-refractivity contribution in [2.75, 3.05) is 78.9 Å². The number of halogens is 26. The summed E-state index contributed by atoms with van der Waals surface area (Å²) >= 11 is 0. The van der Waals surface area contributed by atoms with E-state index in [0.717, 1.165) is 0 Å². The fourth-order valence-corrected chi connectivity index (χ4v) is 4.91. The highest BCUT2D eigenvalue weighted by Gasteiger charge is 2.92. The summed E-state index contributed by atoms with van der Waals surface area (Å²) in [4.78, 5) is 1.29. The van der Waals surface area contributed by atoms with Gasteiger partial charge in [0.25, 0.3) is 0 Å². The van der Waals surface area contributed by atoms with Crippen LogP contribution in [0.2, 0.25) is 0 Å². The normalized spacial score (nSPS) is 19.9. The van der Waals surface area contributed by atoms with Gasteiger partial charge in [0.1, 0.15) is 0 Å². The number of rotatable bonds is 14. The standard InChI is InChI=1S/C29H34F26N2O3/c30-18(31,20(34,35)22(38,39)24(42,43)26(46,47)28(50,51)52)4-7-56-6-2-1-3-12-58-16-17-60-15-11-57(10-14-59-13-9-56)8-5-19(32,33)21(36,37)23(40,41)25(44,45)27(48,49)29(53,54)55/h1-17H2. The van der Waals surface area contributed by atoms with Crippen LogP contribution in [0, 0.1) is 0 Å². The topological polar surface area (TPSA) is 34.2 Å². The van der Waals surface area contributed by atoms with Crippen LogP contribution in [0.4, 0.5) is 114 Å². The van der Waals surface area contributed by atoms with Gasteiger partial charge in [-0.1, -0.05) is 0 Å². The third kappa shape index (κ3) is 11.4. The second kappa shape index (κ2) is 19.4. The highest BCUT2D eigenvalue weighted by atomic mass is 19.4. The molecular weight excluding hydrogens is 918 g/mol. The van der Waals surface area contributed by atoms with Gasteiger partial charge >= 0.3 is 71.6 Å². The Morgan fingerprint density at radius 1 is 0.283 bits per heavy atom. The lowest BCUT2D eigenvalue weighted by molar-refractivity contribution is -0.440. The van der Waals surface area contributed by atoms with E-state index in [0.29, 0.717) is 9.80 Å². The lowest BCUT2D eigenvalue weighted by Gasteiger charge is -2.40. The SMILES string of the molecule is FC(F)(F)C(F)(F)C(F)(F)C(F)(F)C(F)(F)C(F)(F)CCN1CCCCCOCCOCCN(CCC(F)(F)C(F)(F)C(F)(F)C(F)(F)C(F)(F)C(F)(F)F)CCOCC1. The first-order chi connectivity index (χ1) is 26.7. The van der Waals surface area contributed by atoms with Crippen LogP contribution in [-0.4, -0.2) is 160 Å². The van der Waals surface area contributed by atoms with E-state index in [9.17, 15) is 114 Å². The molecule has 1 aliphatic heterocycles. The minimum Gasteiger partial charge on any atom is -0.379 e. The first kappa shape index (κ1) is 56.0. The average Bonchev–Trinajstić information content (AvgIpc) is 3.08. The molecule has 0 aliphatic carbocycles. The van der Waals surface area contributed by atoms with Crippen molar-refractivity contribution in [3.8, 4) is 0 Å². The molecule has 1 rings (SSSR count). The van der Waals surface area contributed by atoms with Gasteiger partial charge < -0.3 is 19.1 Å². The maximum Gasteiger partial charge on any atom is 0.460 e. The lowest BCUT2D eigenvalue weighted by atomic mass is 9.92. The summed E-state index contributed by atoms with van der Waals surface area (Å²) in [5.74, 6) is -76.2. The van der Waals surface area contributed by atoms with Crippen LogP contribution in [0.5, 0.6) is 0 Å². The van der Waals surface area contributed by atoms with E-state index in [1.54, 1.807) is 0 Å². The van der Waals surface area contributed by atoms with Gasteiger partial charge in [-0.2, -0.15) is 114 Å². The van der Waals surface area contributed by atoms with Crippen LogP contribution >= 0.6 is 0 Å². The number of hydrogen-bond donors (Lipinski definition) is 0. The zero-order chi connectivity index (χ0) is 47.3. The van der Waals surface area contributed by atoms with Crippen LogP contribution in [0.15, 0.2) is 0 Å². The van der Waals surface area contributed by atoms with Gasteiger partial charge in [-0.3, -0.25) is 4.90 Å². The molecule has 0 amide bonds. The zero-order valence-electron chi connectivity index (χ0n) is 30.0. The Balaban J connectivity index is 3.17. The highest BCUT2D eigenvalue weighted by molar-refractivity contribution is 5.11. The molecular formula is C29H34F26N2O3. The van der Waals surface area contributed by atoms with Crippen LogP contribution in [0.25, 0.3) is 0 Å². The van der Waals surface area contributed by atoms with Gasteiger partial charge in [0.15, 0.2) is 0 Å². The second-order valence-electron chi connectivity index (χ2n) is 13.1. The highest BCUT2D eigenvalue weighted by Crippen LogP contribution is 2.62. The molecule has 0 unspecified atom stereocenters. The van der Waals surface area contributed by atoms with Crippen molar-refractivity contribution >= 4 is 0 Å². The minimum absolute atomic E-state index is 0.0562. The number of alkyl halides is 26. The first-order valence-corrected chi connectivity index (χ1v) is 16.8. The maximum atomic E-state index is 14.4. The Labute approximate surface area is 321 Å². The average molecular weight is 953 g/mol. The summed E-state index contributed by atoms with van der Waals surface area (Å²) < 4.78 is 366. The number of ether oxygens (including phenoxy) is 3. The quantitative estimate of drug-likeness (QED) is 0.162. The van der Waals surface area contributed by atoms with Crippen LogP contribution in [0.3, 0.4) is 0 Å². The smallest absolute Gasteiger partial charge is 0.379 e. The summed E-state index contributed by atoms with van der Waals surface area (Å²) in [7, 11) is 0. The van der Waals surface area contributed by atoms with E-state index in [1.807, 2.05) is 0 Å². The van der Waals surface area contributed by atoms with E-state index in [4.69, 9.17) is 14.2 Å². The molecule has 1 saturated heterocycles. The molecule has 0 aromatic rings. The number of hydrogen-bond acceptors (Lipinski definition) is 5.